The van der Waals surface area contributed by atoms with Crippen LogP contribution in [0.1, 0.15) is 10.4 Å². The molecule has 0 aliphatic carbocycles. The van der Waals surface area contributed by atoms with Crippen LogP contribution in [-0.2, 0) is 9.53 Å². The van der Waals surface area contributed by atoms with Gasteiger partial charge in [-0.05, 0) is 17.5 Å². The molecule has 3 aromatic rings. The lowest BCUT2D eigenvalue weighted by Crippen LogP contribution is -2.25. The number of aromatic nitrogens is 3. The highest BCUT2D eigenvalue weighted by molar-refractivity contribution is 7.13. The molecule has 8 heteroatoms. The van der Waals surface area contributed by atoms with Crippen LogP contribution >= 0.6 is 11.3 Å². The molecule has 0 saturated heterocycles. The largest absolute Gasteiger partial charge is 0.452 e. The number of likely N-dealkylation sites (N-methyl/N-ethyl adjacent to an activating group) is 1. The van der Waals surface area contributed by atoms with Gasteiger partial charge in [0.2, 0.25) is 0 Å². The van der Waals surface area contributed by atoms with Crippen LogP contribution in [0.15, 0.2) is 36.0 Å². The Bertz CT molecular complexity index is 826. The summed E-state index contributed by atoms with van der Waals surface area (Å²) in [4.78, 5) is 28.4. The molecule has 0 atom stereocenters. The van der Waals surface area contributed by atoms with Crippen molar-refractivity contribution in [3.63, 3.8) is 0 Å². The number of nitrogens with one attached hydrogen (secondary N) is 1. The Labute approximate surface area is 129 Å². The lowest BCUT2D eigenvalue weighted by molar-refractivity contribution is -0.123. The molecule has 7 nitrogen and oxygen atoms in total. The van der Waals surface area contributed by atoms with E-state index in [9.17, 15) is 9.59 Å². The Morgan fingerprint density at radius 2 is 2.27 bits per heavy atom. The highest BCUT2D eigenvalue weighted by Crippen LogP contribution is 2.25. The molecule has 0 unspecified atom stereocenters. The van der Waals surface area contributed by atoms with Crippen LogP contribution in [0.25, 0.3) is 16.2 Å². The maximum atomic E-state index is 12.0. The number of nitrogens with zero attached hydrogens (tertiary/aromatic N) is 3. The number of fused-ring (bicyclic) bond motifs is 1. The van der Waals surface area contributed by atoms with E-state index in [4.69, 9.17) is 4.74 Å². The molecular weight excluding hydrogens is 304 g/mol. The van der Waals surface area contributed by atoms with Gasteiger partial charge < -0.3 is 10.1 Å². The zero-order chi connectivity index (χ0) is 15.5. The average molecular weight is 316 g/mol. The predicted octanol–water partition coefficient (Wildman–Crippen LogP) is 1.36. The molecule has 0 bridgehead atoms. The van der Waals surface area contributed by atoms with Crippen LogP contribution in [0.5, 0.6) is 0 Å². The Kier molecular flexibility index (Phi) is 3.84. The van der Waals surface area contributed by atoms with E-state index >= 15 is 0 Å². The van der Waals surface area contributed by atoms with E-state index in [1.54, 1.807) is 22.0 Å². The second kappa shape index (κ2) is 5.94. The number of esters is 1. The highest BCUT2D eigenvalue weighted by Gasteiger charge is 2.18. The smallest absolute Gasteiger partial charge is 0.344 e. The fourth-order valence-corrected chi connectivity index (χ4v) is 2.66. The molecule has 0 spiro atoms. The zero-order valence-electron chi connectivity index (χ0n) is 11.6. The van der Waals surface area contributed by atoms with E-state index < -0.39 is 5.97 Å². The predicted molar refractivity (Wildman–Crippen MR) is 80.6 cm³/mol. The van der Waals surface area contributed by atoms with Crippen molar-refractivity contribution in [2.75, 3.05) is 13.7 Å². The van der Waals surface area contributed by atoms with Crippen molar-refractivity contribution in [2.24, 2.45) is 0 Å². The van der Waals surface area contributed by atoms with Gasteiger partial charge in [-0.1, -0.05) is 6.07 Å². The number of rotatable bonds is 4. The molecule has 1 N–H and O–H groups in total. The van der Waals surface area contributed by atoms with Gasteiger partial charge in [-0.2, -0.15) is 5.10 Å². The summed E-state index contributed by atoms with van der Waals surface area (Å²) in [6.45, 7) is -0.336. The standard InChI is InChI=1S/C14H12N4O3S/c1-15-12(19)8-21-14(20)9-7-17-18-10(4-5-16-13(9)18)11-3-2-6-22-11/h2-7H,8H2,1H3,(H,15,19). The van der Waals surface area contributed by atoms with E-state index in [0.29, 0.717) is 5.65 Å². The lowest BCUT2D eigenvalue weighted by atomic mass is 10.3. The van der Waals surface area contributed by atoms with Crippen LogP contribution in [0, 0.1) is 0 Å². The maximum absolute atomic E-state index is 12.0. The van der Waals surface area contributed by atoms with Crippen LogP contribution in [0.2, 0.25) is 0 Å². The van der Waals surface area contributed by atoms with Gasteiger partial charge in [0.05, 0.1) is 16.8 Å². The van der Waals surface area contributed by atoms with Crippen molar-refractivity contribution < 1.29 is 14.3 Å². The third kappa shape index (κ3) is 2.56. The third-order valence-electron chi connectivity index (χ3n) is 3.01. The van der Waals surface area contributed by atoms with Crippen molar-refractivity contribution in [3.8, 4) is 10.6 Å². The summed E-state index contributed by atoms with van der Waals surface area (Å²) in [6.07, 6.45) is 3.01. The summed E-state index contributed by atoms with van der Waals surface area (Å²) in [7, 11) is 1.47. The van der Waals surface area contributed by atoms with Crippen LogP contribution in [0.3, 0.4) is 0 Å². The minimum atomic E-state index is -0.630. The number of amides is 1. The van der Waals surface area contributed by atoms with E-state index in [2.05, 4.69) is 15.4 Å². The summed E-state index contributed by atoms with van der Waals surface area (Å²) in [6, 6.07) is 5.73. The van der Waals surface area contributed by atoms with Crippen molar-refractivity contribution in [1.82, 2.24) is 19.9 Å². The number of ether oxygens (including phenoxy) is 1. The number of carbonyl (C=O) groups excluding carboxylic acids is 2. The van der Waals surface area contributed by atoms with Crippen LogP contribution in [0.4, 0.5) is 0 Å². The van der Waals surface area contributed by atoms with E-state index in [0.717, 1.165) is 10.6 Å². The van der Waals surface area contributed by atoms with Crippen LogP contribution < -0.4 is 5.32 Å². The first-order valence-corrected chi connectivity index (χ1v) is 7.33. The van der Waals surface area contributed by atoms with Gasteiger partial charge in [0.15, 0.2) is 12.3 Å². The topological polar surface area (TPSA) is 85.6 Å². The summed E-state index contributed by atoms with van der Waals surface area (Å²) < 4.78 is 6.52. The fourth-order valence-electron chi connectivity index (χ4n) is 1.93. The van der Waals surface area contributed by atoms with Gasteiger partial charge in [-0.15, -0.1) is 11.3 Å². The molecular formula is C14H12N4O3S. The fraction of sp³-hybridized carbons (Fsp3) is 0.143. The van der Waals surface area contributed by atoms with Gasteiger partial charge in [0.1, 0.15) is 5.56 Å². The third-order valence-corrected chi connectivity index (χ3v) is 3.90. The number of carbonyl (C=O) groups is 2. The molecule has 0 aliphatic heterocycles. The molecule has 22 heavy (non-hydrogen) atoms. The Hall–Kier alpha value is -2.74. The molecule has 1 amide bonds. The average Bonchev–Trinajstić information content (AvgIpc) is 3.20. The van der Waals surface area contributed by atoms with Gasteiger partial charge in [-0.25, -0.2) is 14.3 Å². The Morgan fingerprint density at radius 3 is 3.00 bits per heavy atom. The molecule has 0 radical (unpaired) electrons. The summed E-state index contributed by atoms with van der Waals surface area (Å²) in [5.41, 5.74) is 1.46. The van der Waals surface area contributed by atoms with Crippen molar-refractivity contribution in [2.45, 2.75) is 0 Å². The minimum Gasteiger partial charge on any atom is -0.452 e. The summed E-state index contributed by atoms with van der Waals surface area (Å²) >= 11 is 1.57. The van der Waals surface area contributed by atoms with E-state index in [-0.39, 0.29) is 18.1 Å². The van der Waals surface area contributed by atoms with E-state index in [1.807, 2.05) is 23.6 Å². The first kappa shape index (κ1) is 14.2. The summed E-state index contributed by atoms with van der Waals surface area (Å²) in [5, 5.41) is 8.54. The van der Waals surface area contributed by atoms with Crippen molar-refractivity contribution in [1.29, 1.82) is 0 Å². The van der Waals surface area contributed by atoms with Crippen molar-refractivity contribution >= 4 is 28.9 Å². The molecule has 0 aliphatic rings. The molecule has 0 fully saturated rings. The maximum Gasteiger partial charge on any atom is 0.344 e. The van der Waals surface area contributed by atoms with Gasteiger partial charge in [0.25, 0.3) is 5.91 Å². The van der Waals surface area contributed by atoms with E-state index in [1.165, 1.54) is 13.2 Å². The second-order valence-corrected chi connectivity index (χ2v) is 5.30. The van der Waals surface area contributed by atoms with Gasteiger partial charge >= 0.3 is 5.97 Å². The van der Waals surface area contributed by atoms with Gasteiger partial charge in [-0.3, -0.25) is 4.79 Å². The highest BCUT2D eigenvalue weighted by atomic mass is 32.1. The number of hydrogen-bond acceptors (Lipinski definition) is 6. The molecule has 3 heterocycles. The van der Waals surface area contributed by atoms with Gasteiger partial charge in [0, 0.05) is 13.2 Å². The Morgan fingerprint density at radius 1 is 1.41 bits per heavy atom. The number of hydrogen-bond donors (Lipinski definition) is 1. The minimum absolute atomic E-state index is 0.224. The molecule has 3 aromatic heterocycles. The van der Waals surface area contributed by atoms with Crippen molar-refractivity contribution in [3.05, 3.63) is 41.5 Å². The first-order chi connectivity index (χ1) is 10.7. The monoisotopic (exact) mass is 316 g/mol. The molecule has 3 rings (SSSR count). The number of thiophene rings is 1. The quantitative estimate of drug-likeness (QED) is 0.735. The Balaban J connectivity index is 1.94. The molecule has 0 aromatic carbocycles. The second-order valence-electron chi connectivity index (χ2n) is 4.35. The zero-order valence-corrected chi connectivity index (χ0v) is 12.5. The lowest BCUT2D eigenvalue weighted by Gasteiger charge is -2.03. The summed E-state index contributed by atoms with van der Waals surface area (Å²) in [5.74, 6) is -1.01. The normalized spacial score (nSPS) is 10.6. The first-order valence-electron chi connectivity index (χ1n) is 6.45. The molecule has 112 valence electrons. The SMILES string of the molecule is CNC(=O)COC(=O)c1cnn2c(-c3cccs3)ccnc12. The van der Waals surface area contributed by atoms with Crippen LogP contribution in [-0.4, -0.2) is 40.1 Å². The molecule has 0 saturated carbocycles.